The van der Waals surface area contributed by atoms with Gasteiger partial charge in [0.1, 0.15) is 5.75 Å². The molecule has 0 bridgehead atoms. The van der Waals surface area contributed by atoms with Gasteiger partial charge in [-0.25, -0.2) is 0 Å². The summed E-state index contributed by atoms with van der Waals surface area (Å²) in [6.45, 7) is 1.92. The van der Waals surface area contributed by atoms with Crippen LogP contribution in [0.3, 0.4) is 0 Å². The van der Waals surface area contributed by atoms with Crippen molar-refractivity contribution in [2.45, 2.75) is 6.92 Å². The van der Waals surface area contributed by atoms with Crippen LogP contribution in [0.15, 0.2) is 40.9 Å². The Balaban J connectivity index is 2.23. The summed E-state index contributed by atoms with van der Waals surface area (Å²) < 4.78 is 1.68. The Kier molecular flexibility index (Phi) is 4.46. The second kappa shape index (κ2) is 5.92. The van der Waals surface area contributed by atoms with Crippen LogP contribution in [0.4, 0.5) is 5.69 Å². The highest BCUT2D eigenvalue weighted by molar-refractivity contribution is 14.1. The topological polar surface area (TPSA) is 49.3 Å². The fraction of sp³-hybridized carbons (Fsp3) is 0.0714. The zero-order valence-electron chi connectivity index (χ0n) is 10.1. The lowest BCUT2D eigenvalue weighted by Gasteiger charge is -2.09. The Labute approximate surface area is 133 Å². The molecule has 0 aliphatic carbocycles. The summed E-state index contributed by atoms with van der Waals surface area (Å²) in [5.74, 6) is -0.127. The molecule has 3 nitrogen and oxygen atoms in total. The first-order valence-electron chi connectivity index (χ1n) is 5.53. The van der Waals surface area contributed by atoms with E-state index < -0.39 is 0 Å². The number of phenolic OH excluding ortho intramolecular Hbond substituents is 1. The number of rotatable bonds is 2. The van der Waals surface area contributed by atoms with Gasteiger partial charge < -0.3 is 10.4 Å². The molecule has 0 radical (unpaired) electrons. The van der Waals surface area contributed by atoms with Crippen molar-refractivity contribution in [1.29, 1.82) is 0 Å². The van der Waals surface area contributed by atoms with Gasteiger partial charge in [0, 0.05) is 15.7 Å². The van der Waals surface area contributed by atoms with Gasteiger partial charge >= 0.3 is 0 Å². The zero-order chi connectivity index (χ0) is 14.0. The molecule has 0 spiro atoms. The Morgan fingerprint density at radius 3 is 2.63 bits per heavy atom. The zero-order valence-corrected chi connectivity index (χ0v) is 13.8. The van der Waals surface area contributed by atoms with Crippen molar-refractivity contribution in [2.24, 2.45) is 0 Å². The number of hydrogen-bond acceptors (Lipinski definition) is 2. The molecule has 98 valence electrons. The van der Waals surface area contributed by atoms with Crippen molar-refractivity contribution < 1.29 is 9.90 Å². The number of nitrogens with one attached hydrogen (secondary N) is 1. The number of aromatic hydroxyl groups is 1. The van der Waals surface area contributed by atoms with Crippen LogP contribution in [-0.2, 0) is 0 Å². The van der Waals surface area contributed by atoms with Crippen molar-refractivity contribution in [3.8, 4) is 5.75 Å². The lowest BCUT2D eigenvalue weighted by molar-refractivity contribution is 0.102. The number of hydrogen-bond donors (Lipinski definition) is 2. The second-order valence-electron chi connectivity index (χ2n) is 4.08. The number of amides is 1. The van der Waals surface area contributed by atoms with Crippen molar-refractivity contribution in [3.05, 3.63) is 55.6 Å². The maximum atomic E-state index is 12.1. The van der Waals surface area contributed by atoms with E-state index in [1.54, 1.807) is 12.1 Å². The molecule has 19 heavy (non-hydrogen) atoms. The number of carbonyl (C=O) groups is 1. The molecule has 0 aliphatic rings. The van der Waals surface area contributed by atoms with Gasteiger partial charge in [0.25, 0.3) is 5.91 Å². The predicted molar refractivity (Wildman–Crippen MR) is 87.7 cm³/mol. The molecule has 0 saturated heterocycles. The van der Waals surface area contributed by atoms with Gasteiger partial charge in [-0.15, -0.1) is 0 Å². The van der Waals surface area contributed by atoms with Gasteiger partial charge in [-0.05, 0) is 71.5 Å². The molecule has 0 aromatic heterocycles. The number of phenols is 1. The van der Waals surface area contributed by atoms with Gasteiger partial charge in [-0.1, -0.05) is 15.9 Å². The predicted octanol–water partition coefficient (Wildman–Crippen LogP) is 4.32. The van der Waals surface area contributed by atoms with Crippen LogP contribution >= 0.6 is 38.5 Å². The van der Waals surface area contributed by atoms with Crippen LogP contribution < -0.4 is 5.32 Å². The summed E-state index contributed by atoms with van der Waals surface area (Å²) in [7, 11) is 0. The van der Waals surface area contributed by atoms with Gasteiger partial charge in [0.2, 0.25) is 0 Å². The molecule has 2 aromatic carbocycles. The molecule has 2 aromatic rings. The molecule has 0 aliphatic heterocycles. The minimum absolute atomic E-state index is 0.112. The van der Waals surface area contributed by atoms with Crippen LogP contribution in [0.2, 0.25) is 0 Å². The van der Waals surface area contributed by atoms with E-state index in [4.69, 9.17) is 0 Å². The number of anilines is 1. The molecule has 0 unspecified atom stereocenters. The van der Waals surface area contributed by atoms with E-state index in [0.29, 0.717) is 9.13 Å². The van der Waals surface area contributed by atoms with Crippen LogP contribution in [-0.4, -0.2) is 11.0 Å². The van der Waals surface area contributed by atoms with Gasteiger partial charge in [-0.3, -0.25) is 4.79 Å². The average Bonchev–Trinajstić information content (AvgIpc) is 2.36. The summed E-state index contributed by atoms with van der Waals surface area (Å²) in [6.07, 6.45) is 0. The summed E-state index contributed by atoms with van der Waals surface area (Å²) in [5.41, 5.74) is 2.16. The summed E-state index contributed by atoms with van der Waals surface area (Å²) in [5, 5.41) is 12.4. The van der Waals surface area contributed by atoms with E-state index >= 15 is 0 Å². The lowest BCUT2D eigenvalue weighted by atomic mass is 10.1. The van der Waals surface area contributed by atoms with E-state index in [9.17, 15) is 9.90 Å². The molecule has 2 rings (SSSR count). The molecule has 0 heterocycles. The third-order valence-corrected chi connectivity index (χ3v) is 4.05. The first-order valence-corrected chi connectivity index (χ1v) is 7.40. The molecule has 1 amide bonds. The normalized spacial score (nSPS) is 10.3. The highest BCUT2D eigenvalue weighted by atomic mass is 127. The highest BCUT2D eigenvalue weighted by Gasteiger charge is 2.09. The van der Waals surface area contributed by atoms with Crippen molar-refractivity contribution in [3.63, 3.8) is 0 Å². The Bertz CT molecular complexity index is 643. The maximum Gasteiger partial charge on any atom is 0.255 e. The molecule has 0 atom stereocenters. The third-order valence-electron chi connectivity index (χ3n) is 2.64. The standard InChI is InChI=1S/C14H11BrINO2/c1-8-6-10(15)3-5-12(8)17-14(19)9-2-4-11(16)13(18)7-9/h2-7,18H,1H3,(H,17,19). The van der Waals surface area contributed by atoms with Gasteiger partial charge in [0.05, 0.1) is 3.57 Å². The molecule has 5 heteroatoms. The van der Waals surface area contributed by atoms with Crippen molar-refractivity contribution in [2.75, 3.05) is 5.32 Å². The first-order chi connectivity index (χ1) is 8.97. The first kappa shape index (κ1) is 14.3. The van der Waals surface area contributed by atoms with Gasteiger partial charge in [-0.2, -0.15) is 0 Å². The highest BCUT2D eigenvalue weighted by Crippen LogP contribution is 2.23. The number of aryl methyl sites for hydroxylation is 1. The largest absolute Gasteiger partial charge is 0.507 e. The fourth-order valence-electron chi connectivity index (χ4n) is 1.62. The minimum Gasteiger partial charge on any atom is -0.507 e. The van der Waals surface area contributed by atoms with E-state index in [-0.39, 0.29) is 11.7 Å². The lowest BCUT2D eigenvalue weighted by Crippen LogP contribution is -2.12. The van der Waals surface area contributed by atoms with Crippen molar-refractivity contribution >= 4 is 50.1 Å². The molecule has 0 fully saturated rings. The van der Waals surface area contributed by atoms with Gasteiger partial charge in [0.15, 0.2) is 0 Å². The van der Waals surface area contributed by atoms with E-state index in [0.717, 1.165) is 15.7 Å². The molecular weight excluding hydrogens is 421 g/mol. The summed E-state index contributed by atoms with van der Waals surface area (Å²) in [4.78, 5) is 12.1. The smallest absolute Gasteiger partial charge is 0.255 e. The van der Waals surface area contributed by atoms with E-state index in [2.05, 4.69) is 21.2 Å². The fourth-order valence-corrected chi connectivity index (χ4v) is 2.43. The van der Waals surface area contributed by atoms with Crippen LogP contribution in [0.25, 0.3) is 0 Å². The number of benzene rings is 2. The quantitative estimate of drug-likeness (QED) is 0.695. The Morgan fingerprint density at radius 1 is 1.26 bits per heavy atom. The molecule has 0 saturated carbocycles. The Morgan fingerprint density at radius 2 is 2.00 bits per heavy atom. The molecule has 2 N–H and O–H groups in total. The summed E-state index contributed by atoms with van der Waals surface area (Å²) in [6, 6.07) is 10.5. The van der Waals surface area contributed by atoms with Crippen LogP contribution in [0.1, 0.15) is 15.9 Å². The van der Waals surface area contributed by atoms with Crippen LogP contribution in [0.5, 0.6) is 5.75 Å². The van der Waals surface area contributed by atoms with Crippen molar-refractivity contribution in [1.82, 2.24) is 0 Å². The molecular formula is C14H11BrINO2. The minimum atomic E-state index is -0.239. The Hall–Kier alpha value is -1.08. The third kappa shape index (κ3) is 3.48. The number of halogens is 2. The monoisotopic (exact) mass is 431 g/mol. The SMILES string of the molecule is Cc1cc(Br)ccc1NC(=O)c1ccc(I)c(O)c1. The maximum absolute atomic E-state index is 12.1. The summed E-state index contributed by atoms with van der Waals surface area (Å²) >= 11 is 5.39. The van der Waals surface area contributed by atoms with Crippen LogP contribution in [0, 0.1) is 10.5 Å². The van der Waals surface area contributed by atoms with E-state index in [1.165, 1.54) is 6.07 Å². The second-order valence-corrected chi connectivity index (χ2v) is 6.16. The van der Waals surface area contributed by atoms with E-state index in [1.807, 2.05) is 47.7 Å². The number of carbonyl (C=O) groups excluding carboxylic acids is 1. The average molecular weight is 432 g/mol.